The van der Waals surface area contributed by atoms with Crippen molar-refractivity contribution in [2.24, 2.45) is 0 Å². The van der Waals surface area contributed by atoms with Gasteiger partial charge in [0.1, 0.15) is 0 Å². The van der Waals surface area contributed by atoms with Crippen molar-refractivity contribution in [1.82, 2.24) is 0 Å². The second kappa shape index (κ2) is 146. The zero-order valence-electron chi connectivity index (χ0n) is 6.63. The topological polar surface area (TPSA) is 23.8 Å². The van der Waals surface area contributed by atoms with E-state index in [4.69, 9.17) is 5.73 Å². The molecule has 0 fully saturated rings. The maximum atomic E-state index is 5.75. The SMILES string of the molecule is C[NH-].[CH3-].[CH3-].[V+2].[V].[V].[V].[V].[V].[V]. The molecule has 63 valence electrons. The van der Waals surface area contributed by atoms with Gasteiger partial charge < -0.3 is 20.6 Å². The first kappa shape index (κ1) is 116. The van der Waals surface area contributed by atoms with Crippen LogP contribution in [0, 0.1) is 14.9 Å². The number of hydrogen-bond acceptors (Lipinski definition) is 0. The molecule has 11 heavy (non-hydrogen) atoms. The Morgan fingerprint density at radius 2 is 0.545 bits per heavy atom. The number of hydrogen-bond donors (Lipinski definition) is 0. The molecule has 7 radical (unpaired) electrons. The summed E-state index contributed by atoms with van der Waals surface area (Å²) in [5, 5.41) is 0. The number of nitrogens with one attached hydrogen (secondary N) is 1. The van der Waals surface area contributed by atoms with E-state index in [0.717, 1.165) is 0 Å². The van der Waals surface area contributed by atoms with Gasteiger partial charge in [0, 0.05) is 111 Å². The van der Waals surface area contributed by atoms with Crippen molar-refractivity contribution in [3.8, 4) is 0 Å². The van der Waals surface area contributed by atoms with E-state index in [1.165, 1.54) is 7.05 Å². The average molecular weight is 417 g/mol. The van der Waals surface area contributed by atoms with Gasteiger partial charge in [0.25, 0.3) is 0 Å². The summed E-state index contributed by atoms with van der Waals surface area (Å²) in [5.74, 6) is 0. The predicted molar refractivity (Wildman–Crippen MR) is 23.1 cm³/mol. The molecular weight excluding hydrogens is 407 g/mol. The molecule has 1 N–H and O–H groups in total. The van der Waals surface area contributed by atoms with E-state index in [1.807, 2.05) is 0 Å². The van der Waals surface area contributed by atoms with E-state index in [9.17, 15) is 0 Å². The summed E-state index contributed by atoms with van der Waals surface area (Å²) >= 11 is 0. The quantitative estimate of drug-likeness (QED) is 0.535. The van der Waals surface area contributed by atoms with Gasteiger partial charge in [0.15, 0.2) is 0 Å². The minimum Gasteiger partial charge on any atom is -0.680 e. The molecule has 0 aliphatic heterocycles. The molecule has 0 aliphatic rings. The van der Waals surface area contributed by atoms with Gasteiger partial charge in [0.05, 0.1) is 0 Å². The van der Waals surface area contributed by atoms with Crippen LogP contribution in [-0.4, -0.2) is 7.05 Å². The molecular formula is C3H10NV7-. The van der Waals surface area contributed by atoms with Crippen LogP contribution in [0.5, 0.6) is 0 Å². The van der Waals surface area contributed by atoms with Gasteiger partial charge >= 0.3 is 18.6 Å². The minimum absolute atomic E-state index is 0. The Hall–Kier alpha value is 4.05. The predicted octanol–water partition coefficient (Wildman–Crippen LogP) is 1.55. The molecule has 1 nitrogen and oxygen atoms in total. The molecule has 0 aromatic rings. The summed E-state index contributed by atoms with van der Waals surface area (Å²) in [4.78, 5) is 0. The summed E-state index contributed by atoms with van der Waals surface area (Å²) in [6.07, 6.45) is 0. The van der Waals surface area contributed by atoms with Crippen molar-refractivity contribution < 1.29 is 130 Å². The Labute approximate surface area is 155 Å². The van der Waals surface area contributed by atoms with Crippen LogP contribution in [0.3, 0.4) is 0 Å². The van der Waals surface area contributed by atoms with Gasteiger partial charge in [-0.3, -0.25) is 0 Å². The third-order valence-electron chi connectivity index (χ3n) is 0. The molecule has 0 bridgehead atoms. The zero-order valence-corrected chi connectivity index (χ0v) is 16.4. The zero-order chi connectivity index (χ0) is 2.00. The third kappa shape index (κ3) is 124. The van der Waals surface area contributed by atoms with Crippen molar-refractivity contribution >= 4 is 0 Å². The Kier molecular flexibility index (Phi) is 1540. The van der Waals surface area contributed by atoms with Crippen LogP contribution in [0.2, 0.25) is 0 Å². The minimum atomic E-state index is 0. The van der Waals surface area contributed by atoms with Crippen molar-refractivity contribution in [3.05, 3.63) is 20.6 Å². The van der Waals surface area contributed by atoms with E-state index in [0.29, 0.717) is 0 Å². The van der Waals surface area contributed by atoms with Crippen LogP contribution < -0.4 is 0 Å². The van der Waals surface area contributed by atoms with Gasteiger partial charge in [-0.15, -0.1) is 0 Å². The van der Waals surface area contributed by atoms with Crippen molar-refractivity contribution in [3.63, 3.8) is 0 Å². The van der Waals surface area contributed by atoms with Crippen LogP contribution >= 0.6 is 0 Å². The van der Waals surface area contributed by atoms with E-state index in [1.54, 1.807) is 0 Å². The first-order valence-electron chi connectivity index (χ1n) is 0.500. The van der Waals surface area contributed by atoms with E-state index >= 15 is 0 Å². The van der Waals surface area contributed by atoms with Gasteiger partial charge in [-0.25, -0.2) is 0 Å². The van der Waals surface area contributed by atoms with Crippen molar-refractivity contribution in [2.45, 2.75) is 0 Å². The van der Waals surface area contributed by atoms with Crippen LogP contribution in [0.1, 0.15) is 0 Å². The maximum Gasteiger partial charge on any atom is 2.00 e. The summed E-state index contributed by atoms with van der Waals surface area (Å²) in [7, 11) is 1.25. The summed E-state index contributed by atoms with van der Waals surface area (Å²) < 4.78 is 0. The van der Waals surface area contributed by atoms with Crippen LogP contribution in [-0.2, 0) is 130 Å². The molecule has 0 aromatic heterocycles. The summed E-state index contributed by atoms with van der Waals surface area (Å²) in [5.41, 5.74) is 5.75. The molecule has 0 saturated carbocycles. The molecule has 0 spiro atoms. The van der Waals surface area contributed by atoms with Crippen molar-refractivity contribution in [1.29, 1.82) is 0 Å². The molecule has 0 amide bonds. The normalized spacial score (nSPS) is 0.545. The van der Waals surface area contributed by atoms with E-state index in [2.05, 4.69) is 0 Å². The molecule has 0 saturated heterocycles. The van der Waals surface area contributed by atoms with Crippen LogP contribution in [0.4, 0.5) is 0 Å². The summed E-state index contributed by atoms with van der Waals surface area (Å²) in [6.45, 7) is 0. The summed E-state index contributed by atoms with van der Waals surface area (Å²) in [6, 6.07) is 0. The fraction of sp³-hybridized carbons (Fsp3) is 0.333. The third-order valence-corrected chi connectivity index (χ3v) is 0. The Morgan fingerprint density at radius 1 is 0.545 bits per heavy atom. The van der Waals surface area contributed by atoms with Crippen molar-refractivity contribution in [2.75, 3.05) is 7.05 Å². The molecule has 0 heterocycles. The first-order chi connectivity index (χ1) is 1.00. The second-order valence-electron chi connectivity index (χ2n) is 0. The fourth-order valence-corrected chi connectivity index (χ4v) is 0. The van der Waals surface area contributed by atoms with Gasteiger partial charge in [-0.2, -0.15) is 7.05 Å². The first-order valence-corrected chi connectivity index (χ1v) is 0.500. The molecule has 8 heteroatoms. The van der Waals surface area contributed by atoms with Gasteiger partial charge in [-0.1, -0.05) is 0 Å². The Balaban J connectivity index is -0.000000000139. The molecule has 0 aliphatic carbocycles. The fourth-order valence-electron chi connectivity index (χ4n) is 0. The van der Waals surface area contributed by atoms with E-state index in [-0.39, 0.29) is 145 Å². The monoisotopic (exact) mass is 417 g/mol. The van der Waals surface area contributed by atoms with Crippen LogP contribution in [0.15, 0.2) is 0 Å². The molecule has 0 rings (SSSR count). The van der Waals surface area contributed by atoms with Crippen LogP contribution in [0.25, 0.3) is 5.73 Å². The number of rotatable bonds is 0. The second-order valence-corrected chi connectivity index (χ2v) is 0. The Bertz CT molecular complexity index is 13.6. The average Bonchev–Trinajstić information content (AvgIpc) is 1.00. The standard InChI is InChI=1S/CH4N.2CH3.7V/c1-2;;;;;;;;;/h2H,1H3;2*1H3;;;;;;;/q3*-1;;;;;;;+2. The molecule has 0 atom stereocenters. The smallest absolute Gasteiger partial charge is 0.680 e. The largest absolute Gasteiger partial charge is 2.00 e. The van der Waals surface area contributed by atoms with Gasteiger partial charge in [-0.05, 0) is 0 Å². The Morgan fingerprint density at radius 3 is 0.545 bits per heavy atom. The maximum absolute atomic E-state index is 5.75. The van der Waals surface area contributed by atoms with E-state index < -0.39 is 0 Å². The molecule has 0 aromatic carbocycles. The molecule has 0 unspecified atom stereocenters. The van der Waals surface area contributed by atoms with Gasteiger partial charge in [0.2, 0.25) is 0 Å².